The first kappa shape index (κ1) is 20.4. The molecule has 5 rings (SSSR count). The van der Waals surface area contributed by atoms with E-state index in [1.165, 1.54) is 23.9 Å². The minimum atomic E-state index is -0.547. The molecule has 0 aliphatic carbocycles. The average molecular weight is 467 g/mol. The van der Waals surface area contributed by atoms with E-state index < -0.39 is 5.63 Å². The van der Waals surface area contributed by atoms with Crippen LogP contribution in [0.25, 0.3) is 21.9 Å². The molecule has 160 valence electrons. The number of halogens is 1. The molecule has 0 fully saturated rings. The van der Waals surface area contributed by atoms with Crippen molar-refractivity contribution in [1.82, 2.24) is 9.55 Å². The van der Waals surface area contributed by atoms with E-state index in [1.54, 1.807) is 47.2 Å². The lowest BCUT2D eigenvalue weighted by Gasteiger charge is -2.13. The zero-order chi connectivity index (χ0) is 22.2. The largest absolute Gasteiger partial charge is 0.506 e. The number of phenols is 1. The predicted molar refractivity (Wildman–Crippen MR) is 123 cm³/mol. The zero-order valence-electron chi connectivity index (χ0n) is 16.4. The number of aromatic nitrogens is 2. The summed E-state index contributed by atoms with van der Waals surface area (Å²) in [7, 11) is 0. The van der Waals surface area contributed by atoms with Gasteiger partial charge in [-0.15, -0.1) is 0 Å². The summed E-state index contributed by atoms with van der Waals surface area (Å²) in [4.78, 5) is 29.9. The highest BCUT2D eigenvalue weighted by Crippen LogP contribution is 2.32. The van der Waals surface area contributed by atoms with Crippen molar-refractivity contribution < 1.29 is 13.9 Å². The number of benzene rings is 2. The van der Waals surface area contributed by atoms with Gasteiger partial charge < -0.3 is 13.9 Å². The molecule has 7 nitrogen and oxygen atoms in total. The van der Waals surface area contributed by atoms with Crippen molar-refractivity contribution in [2.24, 2.45) is 0 Å². The van der Waals surface area contributed by atoms with Gasteiger partial charge in [-0.05, 0) is 35.9 Å². The van der Waals surface area contributed by atoms with Crippen LogP contribution in [0.4, 0.5) is 0 Å². The summed E-state index contributed by atoms with van der Waals surface area (Å²) in [6.45, 7) is 0.226. The normalized spacial score (nSPS) is 11.4. The van der Waals surface area contributed by atoms with Gasteiger partial charge in [-0.1, -0.05) is 35.5 Å². The van der Waals surface area contributed by atoms with Crippen LogP contribution in [0.15, 0.2) is 84.4 Å². The van der Waals surface area contributed by atoms with Gasteiger partial charge >= 0.3 is 5.63 Å². The highest BCUT2D eigenvalue weighted by atomic mass is 35.5. The number of fused-ring (bicyclic) bond motifs is 2. The molecule has 0 unspecified atom stereocenters. The molecule has 5 aromatic rings. The molecule has 0 atom stereocenters. The number of aromatic hydroxyl groups is 1. The molecule has 0 radical (unpaired) electrons. The molecule has 32 heavy (non-hydrogen) atoms. The monoisotopic (exact) mass is 466 g/mol. The van der Waals surface area contributed by atoms with Crippen molar-refractivity contribution >= 4 is 45.2 Å². The van der Waals surface area contributed by atoms with Gasteiger partial charge in [0.1, 0.15) is 17.1 Å². The third-order valence-corrected chi connectivity index (χ3v) is 6.30. The van der Waals surface area contributed by atoms with Crippen molar-refractivity contribution in [1.29, 1.82) is 0 Å². The molecular weight excluding hydrogens is 452 g/mol. The van der Waals surface area contributed by atoms with Crippen molar-refractivity contribution in [2.45, 2.75) is 17.5 Å². The fraction of sp³-hybridized carbons (Fsp3) is 0.0870. The fourth-order valence-corrected chi connectivity index (χ4v) is 4.61. The molecule has 0 saturated carbocycles. The Labute approximate surface area is 189 Å². The number of para-hydroxylation sites is 1. The van der Waals surface area contributed by atoms with Crippen LogP contribution in [0, 0.1) is 0 Å². The quantitative estimate of drug-likeness (QED) is 0.226. The number of phenolic OH excluding ortho intramolecular Hbond substituents is 1. The van der Waals surface area contributed by atoms with Crippen LogP contribution in [-0.2, 0) is 12.3 Å². The van der Waals surface area contributed by atoms with Crippen LogP contribution in [0.1, 0.15) is 11.3 Å². The smallest absolute Gasteiger partial charge is 0.336 e. The lowest BCUT2D eigenvalue weighted by Crippen LogP contribution is -2.23. The Morgan fingerprint density at radius 3 is 2.72 bits per heavy atom. The number of hydrogen-bond donors (Lipinski definition) is 1. The van der Waals surface area contributed by atoms with Gasteiger partial charge in [0.05, 0.1) is 28.7 Å². The SMILES string of the molecule is O=c1cc(CSc2nc3ccccc3c(=O)n2Cc2ccco2)c2cc(Cl)c(O)cc2o1. The van der Waals surface area contributed by atoms with E-state index in [4.69, 9.17) is 20.4 Å². The maximum absolute atomic E-state index is 13.2. The average Bonchev–Trinajstić information content (AvgIpc) is 3.29. The van der Waals surface area contributed by atoms with E-state index in [0.717, 1.165) is 0 Å². The summed E-state index contributed by atoms with van der Waals surface area (Å²) in [5.74, 6) is 0.779. The van der Waals surface area contributed by atoms with Crippen LogP contribution in [-0.4, -0.2) is 14.7 Å². The first-order valence-electron chi connectivity index (χ1n) is 9.59. The van der Waals surface area contributed by atoms with E-state index in [0.29, 0.717) is 38.5 Å². The Kier molecular flexibility index (Phi) is 5.24. The molecule has 2 aromatic carbocycles. The lowest BCUT2D eigenvalue weighted by molar-refractivity contribution is 0.473. The fourth-order valence-electron chi connectivity index (χ4n) is 3.45. The second-order valence-electron chi connectivity index (χ2n) is 7.06. The van der Waals surface area contributed by atoms with Gasteiger partial charge in [0.15, 0.2) is 5.16 Å². The van der Waals surface area contributed by atoms with Crippen LogP contribution in [0.3, 0.4) is 0 Å². The summed E-state index contributed by atoms with van der Waals surface area (Å²) in [6.07, 6.45) is 1.55. The van der Waals surface area contributed by atoms with Crippen molar-refractivity contribution in [3.8, 4) is 5.75 Å². The Bertz CT molecular complexity index is 1570. The van der Waals surface area contributed by atoms with Gasteiger partial charge in [-0.2, -0.15) is 0 Å². The van der Waals surface area contributed by atoms with E-state index in [9.17, 15) is 14.7 Å². The third kappa shape index (κ3) is 3.79. The number of hydrogen-bond acceptors (Lipinski definition) is 7. The van der Waals surface area contributed by atoms with Gasteiger partial charge in [0.2, 0.25) is 0 Å². The van der Waals surface area contributed by atoms with E-state index >= 15 is 0 Å². The first-order chi connectivity index (χ1) is 15.5. The molecule has 0 amide bonds. The summed E-state index contributed by atoms with van der Waals surface area (Å²) in [6, 6.07) is 14.9. The summed E-state index contributed by atoms with van der Waals surface area (Å²) >= 11 is 7.37. The summed E-state index contributed by atoms with van der Waals surface area (Å²) in [5, 5.41) is 11.6. The molecular formula is C23H15ClN2O5S. The van der Waals surface area contributed by atoms with Gasteiger partial charge in [-0.25, -0.2) is 9.78 Å². The molecule has 1 N–H and O–H groups in total. The maximum Gasteiger partial charge on any atom is 0.336 e. The van der Waals surface area contributed by atoms with Gasteiger partial charge in [0.25, 0.3) is 5.56 Å². The standard InChI is InChI=1S/C23H15ClN2O5S/c24-17-9-16-13(8-21(28)31-20(16)10-19(17)27)12-32-23-25-18-6-2-1-5-15(18)22(29)26(23)11-14-4-3-7-30-14/h1-10,27H,11-12H2. The highest BCUT2D eigenvalue weighted by Gasteiger charge is 2.15. The zero-order valence-corrected chi connectivity index (χ0v) is 18.0. The molecule has 0 aliphatic heterocycles. The molecule has 0 spiro atoms. The van der Waals surface area contributed by atoms with Gasteiger partial charge in [0, 0.05) is 23.3 Å². The third-order valence-electron chi connectivity index (χ3n) is 4.98. The van der Waals surface area contributed by atoms with Crippen molar-refractivity contribution in [3.63, 3.8) is 0 Å². The molecule has 3 heterocycles. The Balaban J connectivity index is 1.59. The Hall–Kier alpha value is -3.49. The molecule has 3 aromatic heterocycles. The second-order valence-corrected chi connectivity index (χ2v) is 8.41. The van der Waals surface area contributed by atoms with Gasteiger partial charge in [-0.3, -0.25) is 9.36 Å². The van der Waals surface area contributed by atoms with Crippen LogP contribution < -0.4 is 11.2 Å². The number of rotatable bonds is 5. The molecule has 0 aliphatic rings. The summed E-state index contributed by atoms with van der Waals surface area (Å²) < 4.78 is 12.2. The van der Waals surface area contributed by atoms with Crippen molar-refractivity contribution in [2.75, 3.05) is 0 Å². The minimum Gasteiger partial charge on any atom is -0.506 e. The number of nitrogens with zero attached hydrogens (tertiary/aromatic N) is 2. The molecule has 0 bridgehead atoms. The highest BCUT2D eigenvalue weighted by molar-refractivity contribution is 7.98. The minimum absolute atomic E-state index is 0.149. The van der Waals surface area contributed by atoms with Crippen LogP contribution >= 0.6 is 23.4 Å². The maximum atomic E-state index is 13.2. The van der Waals surface area contributed by atoms with E-state index in [1.807, 2.05) is 6.07 Å². The number of thioether (sulfide) groups is 1. The van der Waals surface area contributed by atoms with Crippen LogP contribution in [0.5, 0.6) is 5.75 Å². The Morgan fingerprint density at radius 1 is 1.06 bits per heavy atom. The molecule has 0 saturated heterocycles. The lowest BCUT2D eigenvalue weighted by atomic mass is 10.1. The van der Waals surface area contributed by atoms with Crippen molar-refractivity contribution in [3.05, 3.63) is 98.0 Å². The first-order valence-corrected chi connectivity index (χ1v) is 11.0. The van der Waals surface area contributed by atoms with E-state index in [-0.39, 0.29) is 28.5 Å². The second kappa shape index (κ2) is 8.22. The summed E-state index contributed by atoms with van der Waals surface area (Å²) in [5.41, 5.74) is 0.736. The molecule has 9 heteroatoms. The van der Waals surface area contributed by atoms with E-state index in [2.05, 4.69) is 4.98 Å². The Morgan fingerprint density at radius 2 is 1.91 bits per heavy atom. The predicted octanol–water partition coefficient (Wildman–Crippen LogP) is 4.80. The topological polar surface area (TPSA) is 98.5 Å². The number of furan rings is 1. The van der Waals surface area contributed by atoms with Crippen LogP contribution in [0.2, 0.25) is 5.02 Å².